The Morgan fingerprint density at radius 1 is 0.895 bits per heavy atom. The van der Waals surface area contributed by atoms with Gasteiger partial charge in [0, 0.05) is 5.92 Å². The highest BCUT2D eigenvalue weighted by Gasteiger charge is 2.38. The van der Waals surface area contributed by atoms with Crippen LogP contribution in [0, 0.1) is 11.8 Å². The molecule has 0 nitrogen and oxygen atoms in total. The fraction of sp³-hybridized carbons (Fsp3) is 1.00. The van der Waals surface area contributed by atoms with Crippen LogP contribution in [-0.4, -0.2) is 3.79 Å². The van der Waals surface area contributed by atoms with Gasteiger partial charge < -0.3 is 0 Å². The van der Waals surface area contributed by atoms with Crippen LogP contribution in [0.5, 0.6) is 0 Å². The highest BCUT2D eigenvalue weighted by atomic mass is 35.6. The first-order valence-electron chi connectivity index (χ1n) is 8.12. The third kappa shape index (κ3) is 7.44. The van der Waals surface area contributed by atoms with Gasteiger partial charge in [0.1, 0.15) is 0 Å². The predicted molar refractivity (Wildman–Crippen MR) is 88.3 cm³/mol. The van der Waals surface area contributed by atoms with Gasteiger partial charge in [-0.05, 0) is 12.3 Å². The van der Waals surface area contributed by atoms with Gasteiger partial charge in [0.15, 0.2) is 3.79 Å². The van der Waals surface area contributed by atoms with Crippen molar-refractivity contribution in [2.45, 2.75) is 87.8 Å². The maximum Gasteiger partial charge on any atom is 0.193 e. The van der Waals surface area contributed by atoms with Gasteiger partial charge in [-0.25, -0.2) is 0 Å². The molecule has 0 heterocycles. The molecule has 0 bridgehead atoms. The molecule has 0 aromatic rings. The number of alkyl halides is 3. The summed E-state index contributed by atoms with van der Waals surface area (Å²) in [6, 6.07) is 0. The van der Waals surface area contributed by atoms with Crippen molar-refractivity contribution >= 4 is 34.8 Å². The lowest BCUT2D eigenvalue weighted by atomic mass is 9.78. The summed E-state index contributed by atoms with van der Waals surface area (Å²) in [5.41, 5.74) is 0. The molecule has 1 atom stereocenters. The molecule has 1 unspecified atom stereocenters. The summed E-state index contributed by atoms with van der Waals surface area (Å²) in [5.74, 6) is 0.904. The standard InChI is InChI=1S/C16H29Cl3/c1-2-3-4-5-6-10-13-15(16(17,18)19)14-11-8-7-9-12-14/h14-15H,2-13H2,1H3. The molecule has 1 fully saturated rings. The van der Waals surface area contributed by atoms with Crippen molar-refractivity contribution in [3.63, 3.8) is 0 Å². The molecule has 0 aromatic carbocycles. The largest absolute Gasteiger partial charge is 0.193 e. The number of hydrogen-bond acceptors (Lipinski definition) is 0. The smallest absolute Gasteiger partial charge is 0.0834 e. The molecule has 0 aliphatic heterocycles. The summed E-state index contributed by atoms with van der Waals surface area (Å²) in [6.07, 6.45) is 15.5. The minimum atomic E-state index is -1.06. The molecule has 114 valence electrons. The Labute approximate surface area is 134 Å². The van der Waals surface area contributed by atoms with Crippen LogP contribution in [-0.2, 0) is 0 Å². The van der Waals surface area contributed by atoms with Gasteiger partial charge in [-0.2, -0.15) is 0 Å². The monoisotopic (exact) mass is 326 g/mol. The molecule has 3 heteroatoms. The Bertz CT molecular complexity index is 217. The SMILES string of the molecule is CCCCCCCCC(C1CCCCC1)C(Cl)(Cl)Cl. The quantitative estimate of drug-likeness (QED) is 0.324. The zero-order chi connectivity index (χ0) is 14.1. The topological polar surface area (TPSA) is 0 Å². The van der Waals surface area contributed by atoms with Gasteiger partial charge in [-0.1, -0.05) is 112 Å². The fourth-order valence-corrected chi connectivity index (χ4v) is 4.21. The Morgan fingerprint density at radius 3 is 2.05 bits per heavy atom. The van der Waals surface area contributed by atoms with Crippen molar-refractivity contribution in [1.29, 1.82) is 0 Å². The van der Waals surface area contributed by atoms with Gasteiger partial charge in [-0.3, -0.25) is 0 Å². The van der Waals surface area contributed by atoms with Gasteiger partial charge in [0.05, 0.1) is 0 Å². The minimum absolute atomic E-state index is 0.268. The van der Waals surface area contributed by atoms with E-state index in [0.29, 0.717) is 5.92 Å². The van der Waals surface area contributed by atoms with E-state index in [4.69, 9.17) is 34.8 Å². The van der Waals surface area contributed by atoms with Crippen LogP contribution in [0.2, 0.25) is 0 Å². The molecule has 0 N–H and O–H groups in total. The molecule has 1 rings (SSSR count). The van der Waals surface area contributed by atoms with Crippen molar-refractivity contribution < 1.29 is 0 Å². The molecule has 1 saturated carbocycles. The second-order valence-corrected chi connectivity index (χ2v) is 8.47. The first-order chi connectivity index (χ1) is 9.05. The first-order valence-corrected chi connectivity index (χ1v) is 9.25. The summed E-state index contributed by atoms with van der Waals surface area (Å²) in [5, 5.41) is 0. The number of unbranched alkanes of at least 4 members (excludes halogenated alkanes) is 5. The molecule has 0 amide bonds. The van der Waals surface area contributed by atoms with E-state index in [1.807, 2.05) is 0 Å². The van der Waals surface area contributed by atoms with Crippen LogP contribution in [0.25, 0.3) is 0 Å². The lowest BCUT2D eigenvalue weighted by molar-refractivity contribution is 0.233. The van der Waals surface area contributed by atoms with Gasteiger partial charge in [0.2, 0.25) is 0 Å². The third-order valence-corrected chi connectivity index (χ3v) is 5.35. The normalized spacial score (nSPS) is 19.6. The molecule has 1 aliphatic rings. The van der Waals surface area contributed by atoms with E-state index in [2.05, 4.69) is 6.92 Å². The third-order valence-electron chi connectivity index (χ3n) is 4.51. The summed E-state index contributed by atoms with van der Waals surface area (Å²) in [6.45, 7) is 2.25. The molecule has 19 heavy (non-hydrogen) atoms. The molecule has 0 radical (unpaired) electrons. The summed E-state index contributed by atoms with van der Waals surface area (Å²) < 4.78 is -1.06. The number of hydrogen-bond donors (Lipinski definition) is 0. The van der Waals surface area contributed by atoms with E-state index >= 15 is 0 Å². The van der Waals surface area contributed by atoms with Crippen LogP contribution in [0.3, 0.4) is 0 Å². The predicted octanol–water partition coefficient (Wildman–Crippen LogP) is 7.30. The average molecular weight is 328 g/mol. The Balaban J connectivity index is 2.29. The van der Waals surface area contributed by atoms with E-state index in [1.165, 1.54) is 70.6 Å². The average Bonchev–Trinajstić information content (AvgIpc) is 2.37. The van der Waals surface area contributed by atoms with Crippen molar-refractivity contribution in [3.8, 4) is 0 Å². The second kappa shape index (κ2) is 9.74. The second-order valence-electron chi connectivity index (χ2n) is 6.10. The van der Waals surface area contributed by atoms with Crippen molar-refractivity contribution in [1.82, 2.24) is 0 Å². The lowest BCUT2D eigenvalue weighted by Gasteiger charge is -2.34. The van der Waals surface area contributed by atoms with Gasteiger partial charge >= 0.3 is 0 Å². The van der Waals surface area contributed by atoms with E-state index in [9.17, 15) is 0 Å². The van der Waals surface area contributed by atoms with Gasteiger partial charge in [-0.15, -0.1) is 0 Å². The zero-order valence-electron chi connectivity index (χ0n) is 12.3. The molecule has 0 spiro atoms. The molecule has 0 aromatic heterocycles. The Morgan fingerprint density at radius 2 is 1.47 bits per heavy atom. The van der Waals surface area contributed by atoms with E-state index in [0.717, 1.165) is 6.42 Å². The number of rotatable bonds is 8. The van der Waals surface area contributed by atoms with Crippen molar-refractivity contribution in [2.75, 3.05) is 0 Å². The van der Waals surface area contributed by atoms with E-state index in [1.54, 1.807) is 0 Å². The van der Waals surface area contributed by atoms with E-state index in [-0.39, 0.29) is 5.92 Å². The van der Waals surface area contributed by atoms with Crippen LogP contribution >= 0.6 is 34.8 Å². The Kier molecular flexibility index (Phi) is 9.19. The Hall–Kier alpha value is 0.870. The molecular weight excluding hydrogens is 299 g/mol. The van der Waals surface area contributed by atoms with E-state index < -0.39 is 3.79 Å². The van der Waals surface area contributed by atoms with Crippen LogP contribution < -0.4 is 0 Å². The molecular formula is C16H29Cl3. The van der Waals surface area contributed by atoms with Crippen molar-refractivity contribution in [2.24, 2.45) is 11.8 Å². The summed E-state index contributed by atoms with van der Waals surface area (Å²) in [7, 11) is 0. The number of halogens is 3. The minimum Gasteiger partial charge on any atom is -0.0834 e. The fourth-order valence-electron chi connectivity index (χ4n) is 3.35. The van der Waals surface area contributed by atoms with Crippen LogP contribution in [0.4, 0.5) is 0 Å². The summed E-state index contributed by atoms with van der Waals surface area (Å²) in [4.78, 5) is 0. The van der Waals surface area contributed by atoms with Gasteiger partial charge in [0.25, 0.3) is 0 Å². The maximum atomic E-state index is 6.23. The van der Waals surface area contributed by atoms with Crippen molar-refractivity contribution in [3.05, 3.63) is 0 Å². The molecule has 1 aliphatic carbocycles. The summed E-state index contributed by atoms with van der Waals surface area (Å²) >= 11 is 18.7. The lowest BCUT2D eigenvalue weighted by Crippen LogP contribution is -2.29. The van der Waals surface area contributed by atoms with Crippen LogP contribution in [0.15, 0.2) is 0 Å². The highest BCUT2D eigenvalue weighted by molar-refractivity contribution is 6.67. The zero-order valence-corrected chi connectivity index (χ0v) is 14.5. The maximum absolute atomic E-state index is 6.23. The highest BCUT2D eigenvalue weighted by Crippen LogP contribution is 2.46. The molecule has 0 saturated heterocycles. The first kappa shape index (κ1) is 17.9. The van der Waals surface area contributed by atoms with Crippen LogP contribution in [0.1, 0.15) is 84.0 Å².